The van der Waals surface area contributed by atoms with Crippen LogP contribution >= 0.6 is 0 Å². The van der Waals surface area contributed by atoms with Crippen LogP contribution in [-0.2, 0) is 7.05 Å². The maximum atomic E-state index is 9.47. The van der Waals surface area contributed by atoms with E-state index in [2.05, 4.69) is 0 Å². The number of rotatable bonds is 1. The van der Waals surface area contributed by atoms with Gasteiger partial charge in [0.05, 0.1) is 6.20 Å². The van der Waals surface area contributed by atoms with E-state index in [0.29, 0.717) is 0 Å². The Hall–Kier alpha value is -1.58. The Morgan fingerprint density at radius 1 is 1.50 bits per heavy atom. The van der Waals surface area contributed by atoms with Crippen LogP contribution in [0.2, 0.25) is 0 Å². The van der Waals surface area contributed by atoms with E-state index in [1.54, 1.807) is 13.3 Å². The molecule has 0 aliphatic carbocycles. The van der Waals surface area contributed by atoms with Crippen LogP contribution in [0.4, 0.5) is 0 Å². The maximum Gasteiger partial charge on any atom is 0.161 e. The summed E-state index contributed by atoms with van der Waals surface area (Å²) in [5, 5.41) is 9.47. The lowest BCUT2D eigenvalue weighted by Gasteiger charge is -1.97. The number of aryl methyl sites for hydroxylation is 1. The molecule has 2 aromatic heterocycles. The Morgan fingerprint density at radius 3 is 2.92 bits per heavy atom. The largest absolute Gasteiger partial charge is 0.504 e. The molecule has 12 heavy (non-hydrogen) atoms. The minimum atomic E-state index is 0.236. The summed E-state index contributed by atoms with van der Waals surface area (Å²) in [7, 11) is 3.44. The molecule has 0 spiro atoms. The topological polar surface area (TPSA) is 39.3 Å². The number of fused-ring (bicyclic) bond motifs is 1. The molecule has 0 atom stereocenters. The lowest BCUT2D eigenvalue weighted by molar-refractivity contribution is 0.178. The van der Waals surface area contributed by atoms with Gasteiger partial charge in [0, 0.05) is 13.2 Å². The van der Waals surface area contributed by atoms with Crippen LogP contribution in [0.15, 0.2) is 18.5 Å². The van der Waals surface area contributed by atoms with Gasteiger partial charge in [0.15, 0.2) is 5.75 Å². The number of aromatic nitrogens is 2. The smallest absolute Gasteiger partial charge is 0.161 e. The van der Waals surface area contributed by atoms with Crippen LogP contribution in [0.3, 0.4) is 0 Å². The molecule has 64 valence electrons. The third kappa shape index (κ3) is 0.717. The number of hydrogen-bond acceptors (Lipinski definition) is 2. The molecule has 0 fully saturated rings. The summed E-state index contributed by atoms with van der Waals surface area (Å²) in [6, 6.07) is 1.89. The molecule has 0 aliphatic heterocycles. The van der Waals surface area contributed by atoms with Crippen molar-refractivity contribution in [1.29, 1.82) is 0 Å². The zero-order valence-electron chi connectivity index (χ0n) is 6.98. The highest BCUT2D eigenvalue weighted by atomic mass is 16.6. The van der Waals surface area contributed by atoms with E-state index >= 15 is 0 Å². The fraction of sp³-hybridized carbons (Fsp3) is 0.250. The summed E-state index contributed by atoms with van der Waals surface area (Å²) in [6.07, 6.45) is 3.42. The normalized spacial score (nSPS) is 10.8. The number of aromatic hydroxyl groups is 1. The molecule has 0 unspecified atom stereocenters. The van der Waals surface area contributed by atoms with Crippen molar-refractivity contribution in [2.75, 3.05) is 7.11 Å². The second kappa shape index (κ2) is 2.20. The minimum Gasteiger partial charge on any atom is -0.504 e. The molecular weight excluding hydrogens is 156 g/mol. The summed E-state index contributed by atoms with van der Waals surface area (Å²) < 4.78 is 3.38. The number of nitrogens with zero attached hydrogens (tertiary/aromatic N) is 2. The van der Waals surface area contributed by atoms with Crippen molar-refractivity contribution in [3.63, 3.8) is 0 Å². The van der Waals surface area contributed by atoms with Gasteiger partial charge in [0.1, 0.15) is 18.1 Å². The van der Waals surface area contributed by atoms with Crippen molar-refractivity contribution in [3.8, 4) is 5.75 Å². The molecule has 0 amide bonds. The minimum absolute atomic E-state index is 0.236. The Labute approximate surface area is 69.5 Å². The van der Waals surface area contributed by atoms with Gasteiger partial charge in [0.25, 0.3) is 0 Å². The quantitative estimate of drug-likeness (QED) is 0.678. The zero-order chi connectivity index (χ0) is 8.72. The Bertz CT molecular complexity index is 414. The van der Waals surface area contributed by atoms with Crippen LogP contribution in [0.5, 0.6) is 5.75 Å². The van der Waals surface area contributed by atoms with Gasteiger partial charge in [-0.25, -0.2) is 0 Å². The molecule has 2 rings (SSSR count). The lowest BCUT2D eigenvalue weighted by Crippen LogP contribution is -2.01. The van der Waals surface area contributed by atoms with Crippen molar-refractivity contribution in [3.05, 3.63) is 18.5 Å². The molecule has 0 saturated heterocycles. The van der Waals surface area contributed by atoms with Gasteiger partial charge in [-0.05, 0) is 6.07 Å². The van der Waals surface area contributed by atoms with Gasteiger partial charge in [-0.15, -0.1) is 0 Å². The SMILES string of the molecule is COn1cc(O)c2c1ccn2C. The second-order valence-corrected chi connectivity index (χ2v) is 2.68. The van der Waals surface area contributed by atoms with Gasteiger partial charge < -0.3 is 14.5 Å². The van der Waals surface area contributed by atoms with Crippen molar-refractivity contribution in [2.45, 2.75) is 0 Å². The van der Waals surface area contributed by atoms with Crippen molar-refractivity contribution in [1.82, 2.24) is 9.30 Å². The van der Waals surface area contributed by atoms with Gasteiger partial charge >= 0.3 is 0 Å². The molecule has 0 saturated carbocycles. The first-order valence-corrected chi connectivity index (χ1v) is 3.64. The van der Waals surface area contributed by atoms with Gasteiger partial charge in [-0.2, -0.15) is 4.73 Å². The van der Waals surface area contributed by atoms with Crippen LogP contribution < -0.4 is 4.84 Å². The molecule has 0 aliphatic rings. The summed E-state index contributed by atoms with van der Waals surface area (Å²) in [6.45, 7) is 0. The van der Waals surface area contributed by atoms with Gasteiger partial charge in [-0.3, -0.25) is 0 Å². The van der Waals surface area contributed by atoms with E-state index in [4.69, 9.17) is 4.84 Å². The third-order valence-electron chi connectivity index (χ3n) is 1.97. The Balaban J connectivity index is 2.84. The molecule has 0 radical (unpaired) electrons. The monoisotopic (exact) mass is 166 g/mol. The lowest BCUT2D eigenvalue weighted by atomic mass is 10.5. The van der Waals surface area contributed by atoms with Crippen LogP contribution in [0, 0.1) is 0 Å². The summed E-state index contributed by atoms with van der Waals surface area (Å²) in [4.78, 5) is 5.00. The van der Waals surface area contributed by atoms with E-state index in [1.165, 1.54) is 4.73 Å². The fourth-order valence-electron chi connectivity index (χ4n) is 1.40. The Morgan fingerprint density at radius 2 is 2.25 bits per heavy atom. The third-order valence-corrected chi connectivity index (χ3v) is 1.97. The average Bonchev–Trinajstić information content (AvgIpc) is 2.55. The molecule has 2 heterocycles. The first-order valence-electron chi connectivity index (χ1n) is 3.64. The highest BCUT2D eigenvalue weighted by Gasteiger charge is 2.09. The second-order valence-electron chi connectivity index (χ2n) is 2.68. The number of hydrogen-bond donors (Lipinski definition) is 1. The van der Waals surface area contributed by atoms with E-state index in [1.807, 2.05) is 23.9 Å². The first-order chi connectivity index (χ1) is 5.74. The van der Waals surface area contributed by atoms with Crippen LogP contribution in [0.1, 0.15) is 0 Å². The maximum absolute atomic E-state index is 9.47. The highest BCUT2D eigenvalue weighted by molar-refractivity contribution is 5.83. The average molecular weight is 166 g/mol. The van der Waals surface area contributed by atoms with Crippen molar-refractivity contribution in [2.24, 2.45) is 7.05 Å². The van der Waals surface area contributed by atoms with Crippen molar-refractivity contribution < 1.29 is 9.94 Å². The molecule has 0 bridgehead atoms. The van der Waals surface area contributed by atoms with E-state index in [0.717, 1.165) is 11.0 Å². The van der Waals surface area contributed by atoms with Gasteiger partial charge in [0.2, 0.25) is 0 Å². The van der Waals surface area contributed by atoms with Crippen LogP contribution in [-0.4, -0.2) is 21.5 Å². The molecular formula is C8H10N2O2. The zero-order valence-corrected chi connectivity index (χ0v) is 6.98. The van der Waals surface area contributed by atoms with E-state index in [9.17, 15) is 5.11 Å². The standard InChI is InChI=1S/C8H10N2O2/c1-9-4-3-6-8(9)7(11)5-10(6)12-2/h3-5,11H,1-2H3. The van der Waals surface area contributed by atoms with E-state index in [-0.39, 0.29) is 5.75 Å². The predicted molar refractivity (Wildman–Crippen MR) is 45.1 cm³/mol. The molecule has 2 aromatic rings. The molecule has 1 N–H and O–H groups in total. The van der Waals surface area contributed by atoms with Gasteiger partial charge in [-0.1, -0.05) is 0 Å². The van der Waals surface area contributed by atoms with Crippen LogP contribution in [0.25, 0.3) is 11.0 Å². The molecule has 0 aromatic carbocycles. The first kappa shape index (κ1) is 7.09. The molecule has 4 nitrogen and oxygen atoms in total. The fourth-order valence-corrected chi connectivity index (χ4v) is 1.40. The highest BCUT2D eigenvalue weighted by Crippen LogP contribution is 2.25. The van der Waals surface area contributed by atoms with Crippen molar-refractivity contribution >= 4 is 11.0 Å². The molecule has 4 heteroatoms. The predicted octanol–water partition coefficient (Wildman–Crippen LogP) is 0.744. The summed E-state index contributed by atoms with van der Waals surface area (Å²) in [5.41, 5.74) is 1.66. The van der Waals surface area contributed by atoms with E-state index < -0.39 is 0 Å². The summed E-state index contributed by atoms with van der Waals surface area (Å²) >= 11 is 0. The Kier molecular flexibility index (Phi) is 1.30. The summed E-state index contributed by atoms with van der Waals surface area (Å²) in [5.74, 6) is 0.236.